The Labute approximate surface area is 809 Å². The largest absolute Gasteiger partial charge is 0.307 e. The highest BCUT2D eigenvalue weighted by Crippen LogP contribution is 2.55. The molecule has 0 bridgehead atoms. The number of hydrogen-bond acceptors (Lipinski definition) is 12. The first kappa shape index (κ1) is 93.2. The van der Waals surface area contributed by atoms with Gasteiger partial charge in [0.25, 0.3) is 0 Å². The van der Waals surface area contributed by atoms with Crippen molar-refractivity contribution in [1.82, 2.24) is 58.7 Å². The number of halogens is 6. The fourth-order valence-corrected chi connectivity index (χ4v) is 25.4. The van der Waals surface area contributed by atoms with E-state index in [0.29, 0.717) is 72.6 Å². The number of piperidine rings is 1. The molecule has 8 fully saturated rings. The molecule has 8 aromatic carbocycles. The summed E-state index contributed by atoms with van der Waals surface area (Å²) in [7, 11) is 7.35. The van der Waals surface area contributed by atoms with E-state index in [1.807, 2.05) is 183 Å². The van der Waals surface area contributed by atoms with Crippen LogP contribution in [0.4, 0.5) is 49.1 Å². The van der Waals surface area contributed by atoms with Gasteiger partial charge in [-0.3, -0.25) is 47.7 Å². The molecule has 26 heteroatoms. The molecule has 12 heterocycles. The number of fused-ring (bicyclic) bond motifs is 8. The summed E-state index contributed by atoms with van der Waals surface area (Å²) in [4.78, 5) is 73.0. The molecule has 4 aromatic heterocycles. The zero-order valence-electron chi connectivity index (χ0n) is 80.3. The van der Waals surface area contributed by atoms with Gasteiger partial charge in [-0.05, 0) is 221 Å². The summed E-state index contributed by atoms with van der Waals surface area (Å²) in [5.74, 6) is -2.01. The van der Waals surface area contributed by atoms with E-state index in [1.54, 1.807) is 78.7 Å². The second-order valence-electron chi connectivity index (χ2n) is 41.8. The summed E-state index contributed by atoms with van der Waals surface area (Å²) >= 11 is 0. The van der Waals surface area contributed by atoms with E-state index in [2.05, 4.69) is 65.1 Å². The number of likely N-dealkylation sites (tertiary alicyclic amines) is 4. The Morgan fingerprint density at radius 1 is 0.324 bits per heavy atom. The predicted molar refractivity (Wildman–Crippen MR) is 529 cm³/mol. The Hall–Kier alpha value is -12.1. The van der Waals surface area contributed by atoms with Crippen LogP contribution >= 0.6 is 0 Å². The molecule has 4 aliphatic carbocycles. The van der Waals surface area contributed by atoms with Crippen LogP contribution in [-0.4, -0.2) is 165 Å². The van der Waals surface area contributed by atoms with Crippen LogP contribution in [-0.2, 0) is 95.2 Å². The Kier molecular flexibility index (Phi) is 25.6. The Morgan fingerprint density at radius 3 is 1.01 bits per heavy atom. The number of carbonyl (C=O) groups is 4. The number of aryl methyl sites for hydroxylation is 4. The van der Waals surface area contributed by atoms with Gasteiger partial charge in [0.05, 0.1) is 72.6 Å². The van der Waals surface area contributed by atoms with Crippen LogP contribution in [0, 0.1) is 35.1 Å². The fraction of sp³-hybridized carbons (Fsp3) is 0.434. The van der Waals surface area contributed by atoms with Crippen LogP contribution < -0.4 is 19.6 Å². The second kappa shape index (κ2) is 38.1. The van der Waals surface area contributed by atoms with E-state index < -0.39 is 27.6 Å². The van der Waals surface area contributed by atoms with Crippen molar-refractivity contribution in [1.29, 1.82) is 0 Å². The third-order valence-electron chi connectivity index (χ3n) is 33.3. The van der Waals surface area contributed by atoms with E-state index in [9.17, 15) is 28.0 Å². The molecule has 4 saturated heterocycles. The number of anilines is 4. The Balaban J connectivity index is 0.000000110. The third kappa shape index (κ3) is 17.8. The van der Waals surface area contributed by atoms with Crippen LogP contribution in [0.5, 0.6) is 0 Å². The number of alkyl halides is 2. The first-order chi connectivity index (χ1) is 67.3. The molecular formula is C113H124F6N16O4. The number of hydrogen-bond donors (Lipinski definition) is 0. The zero-order valence-corrected chi connectivity index (χ0v) is 80.3. The zero-order chi connectivity index (χ0) is 95.8. The summed E-state index contributed by atoms with van der Waals surface area (Å²) in [5, 5.41) is 16.7. The van der Waals surface area contributed by atoms with E-state index >= 15 is 17.6 Å². The molecule has 5 unspecified atom stereocenters. The number of carbonyl (C=O) groups excluding carboxylic acids is 4. The highest BCUT2D eigenvalue weighted by Gasteiger charge is 2.60. The molecule has 0 N–H and O–H groups in total. The normalized spacial score (nSPS) is 23.5. The molecule has 4 saturated carbocycles. The number of rotatable bonds is 17. The predicted octanol–water partition coefficient (Wildman–Crippen LogP) is 20.5. The average molecular weight is 1880 g/mol. The summed E-state index contributed by atoms with van der Waals surface area (Å²) in [6.07, 6.45) is 34.8. The lowest BCUT2D eigenvalue weighted by Gasteiger charge is -2.45. The number of benzene rings is 8. The van der Waals surface area contributed by atoms with Crippen molar-refractivity contribution in [3.63, 3.8) is 0 Å². The van der Waals surface area contributed by atoms with Gasteiger partial charge in [-0.25, -0.2) is 26.3 Å². The highest BCUT2D eigenvalue weighted by molar-refractivity contribution is 6.11. The molecule has 24 rings (SSSR count). The molecule has 139 heavy (non-hydrogen) atoms. The van der Waals surface area contributed by atoms with E-state index in [1.165, 1.54) is 83.1 Å². The van der Waals surface area contributed by atoms with Crippen molar-refractivity contribution < 1.29 is 45.5 Å². The summed E-state index contributed by atoms with van der Waals surface area (Å²) in [6.45, 7) is 11.0. The number of amides is 4. The van der Waals surface area contributed by atoms with Crippen LogP contribution in [0.25, 0.3) is 44.5 Å². The topological polar surface area (TPSA) is 165 Å². The number of nitrogens with zero attached hydrogens (tertiary/aromatic N) is 16. The molecule has 20 nitrogen and oxygen atoms in total. The van der Waals surface area contributed by atoms with Gasteiger partial charge in [0.1, 0.15) is 23.3 Å². The molecule has 12 aliphatic rings. The van der Waals surface area contributed by atoms with Crippen LogP contribution in [0.3, 0.4) is 0 Å². The van der Waals surface area contributed by atoms with Gasteiger partial charge in [0, 0.05) is 177 Å². The number of para-hydroxylation sites is 4. The van der Waals surface area contributed by atoms with Crippen molar-refractivity contribution in [3.8, 4) is 44.5 Å². The smallest absolute Gasteiger partial charge is 0.248 e. The van der Waals surface area contributed by atoms with Crippen molar-refractivity contribution in [3.05, 3.63) is 287 Å². The average Bonchev–Trinajstić information content (AvgIpc) is 1.56. The molecule has 12 aromatic rings. The van der Waals surface area contributed by atoms with E-state index in [-0.39, 0.29) is 92.0 Å². The van der Waals surface area contributed by atoms with Gasteiger partial charge < -0.3 is 29.4 Å². The summed E-state index contributed by atoms with van der Waals surface area (Å²) in [5.41, 5.74) is 14.4. The highest BCUT2D eigenvalue weighted by atomic mass is 19.3. The van der Waals surface area contributed by atoms with Crippen LogP contribution in [0.15, 0.2) is 219 Å². The van der Waals surface area contributed by atoms with Crippen molar-refractivity contribution in [2.45, 2.75) is 214 Å². The molecule has 0 radical (unpaired) electrons. The van der Waals surface area contributed by atoms with Gasteiger partial charge >= 0.3 is 0 Å². The van der Waals surface area contributed by atoms with Gasteiger partial charge in [-0.2, -0.15) is 20.4 Å². The SMILES string of the molecule is CC1CCCCC1N1CCC2(C1)C(=O)N(Cc1ccc(-c3cnn(C)c3)cc1F)c1ccccc12.Cn1cc(-c2ccc(CN3C(=O)C4(CCN(C5CCC(F)(F)CC5)C4)c4ccccc43)c(F)c2)cn1.Cn1cc(-c2ccc(CN3C(=O)C4(CCN(C5CCC5)CC4)c4ccccc43)c(F)c2)cn1.Cn1cc(-c2ccc(CN3C(=O)C4(CCN(CC5CCCCC5)C4)c4ccccc43)c(F)c2)cn1. The maximum atomic E-state index is 15.2. The maximum Gasteiger partial charge on any atom is 0.248 e. The first-order valence-electron chi connectivity index (χ1n) is 50.4. The quantitative estimate of drug-likeness (QED) is 0.0793. The van der Waals surface area contributed by atoms with Crippen molar-refractivity contribution in [2.75, 3.05) is 78.5 Å². The van der Waals surface area contributed by atoms with Crippen LogP contribution in [0.2, 0.25) is 0 Å². The monoisotopic (exact) mass is 1880 g/mol. The van der Waals surface area contributed by atoms with Gasteiger partial charge in [-0.15, -0.1) is 0 Å². The minimum absolute atomic E-state index is 0.0249. The van der Waals surface area contributed by atoms with E-state index in [0.717, 1.165) is 167 Å². The lowest BCUT2D eigenvalue weighted by Crippen LogP contribution is -2.52. The fourth-order valence-electron chi connectivity index (χ4n) is 25.4. The molecule has 4 spiro atoms. The summed E-state index contributed by atoms with van der Waals surface area (Å²) in [6, 6.07) is 54.4. The molecule has 722 valence electrons. The molecular weight excluding hydrogens is 1760 g/mol. The summed E-state index contributed by atoms with van der Waals surface area (Å²) < 4.78 is 95.0. The van der Waals surface area contributed by atoms with Crippen LogP contribution in [0.1, 0.15) is 186 Å². The lowest BCUT2D eigenvalue weighted by atomic mass is 9.73. The first-order valence-corrected chi connectivity index (χ1v) is 50.4. The molecule has 5 atom stereocenters. The van der Waals surface area contributed by atoms with Gasteiger partial charge in [0.15, 0.2) is 0 Å². The maximum absolute atomic E-state index is 15.2. The Bertz CT molecular complexity index is 6590. The van der Waals surface area contributed by atoms with Crippen molar-refractivity contribution in [2.24, 2.45) is 40.0 Å². The van der Waals surface area contributed by atoms with Gasteiger partial charge in [0.2, 0.25) is 29.6 Å². The van der Waals surface area contributed by atoms with E-state index in [4.69, 9.17) is 0 Å². The van der Waals surface area contributed by atoms with Crippen molar-refractivity contribution >= 4 is 46.4 Å². The standard InChI is InChI=1S/2C29H33FN4O.C28H29F3N4O.C27H29FN4O/c1-20-7-3-5-9-26(20)33-14-13-29(19-33)24-8-4-6-10-27(24)34(28(29)35)18-22-12-11-21(15-25(22)30)23-16-31-32(2)17-23;1-32-18-24(16-31-32)22-11-12-23(26(30)15-22)19-34-27-10-6-5-9-25(27)29(28(34)35)13-14-33(20-29)17-21-7-3-2-4-8-21;1-33-16-21(15-32-33)19-6-7-20(24(29)14-19)17-35-25-5-3-2-4-23(25)27(26(35)36)12-13-34(18-27)22-8-10-28(30,31)11-9-22;1-30-17-21(16-29-30)19-9-10-20(24(28)15-19)18-32-25-8-3-2-7-23(25)27(26(32)33)11-13-31(14-12-27)22-5-4-6-22/h4,6,8,10-12,15-17,20,26H,3,5,7,9,13-14,18-19H2,1-2H3;5-6,9-12,15-16,18,21H,2-4,7-8,13-14,17,19-20H2,1H3;2-7,14-16,22H,8-13,17-18H2,1H3;2-3,7-10,15-17,22H,4-6,11-14,18H2,1H3. The number of aromatic nitrogens is 8. The van der Waals surface area contributed by atoms with Gasteiger partial charge in [-0.1, -0.05) is 167 Å². The molecule has 8 aliphatic heterocycles. The minimum Gasteiger partial charge on any atom is -0.307 e. The molecule has 4 amide bonds. The third-order valence-corrected chi connectivity index (χ3v) is 33.3. The Morgan fingerprint density at radius 2 is 0.647 bits per heavy atom. The lowest BCUT2D eigenvalue weighted by molar-refractivity contribution is -0.125. The second-order valence-corrected chi connectivity index (χ2v) is 41.8. The minimum atomic E-state index is -2.57.